The Labute approximate surface area is 168 Å². The number of nitrogens with zero attached hydrogens (tertiary/aromatic N) is 3. The summed E-state index contributed by atoms with van der Waals surface area (Å²) in [6, 6.07) is 11.1. The molecule has 0 saturated heterocycles. The number of anilines is 2. The van der Waals surface area contributed by atoms with Crippen LogP contribution in [0.1, 0.15) is 16.1 Å². The Morgan fingerprint density at radius 2 is 2.04 bits per heavy atom. The summed E-state index contributed by atoms with van der Waals surface area (Å²) < 4.78 is 5.97. The molecule has 0 radical (unpaired) electrons. The number of amides is 1. The van der Waals surface area contributed by atoms with Crippen LogP contribution < -0.4 is 15.4 Å². The number of hydrogen-bond acceptors (Lipinski definition) is 7. The highest BCUT2D eigenvalue weighted by atomic mass is 32.1. The molecule has 3 rings (SSSR count). The Balaban J connectivity index is 1.83. The number of aromatic nitrogens is 2. The first-order valence-electron chi connectivity index (χ1n) is 8.86. The van der Waals surface area contributed by atoms with Crippen LogP contribution in [0.25, 0.3) is 0 Å². The van der Waals surface area contributed by atoms with E-state index >= 15 is 0 Å². The van der Waals surface area contributed by atoms with Crippen LogP contribution in [0.2, 0.25) is 0 Å². The molecule has 0 aliphatic carbocycles. The van der Waals surface area contributed by atoms with Gasteiger partial charge in [0, 0.05) is 30.7 Å². The van der Waals surface area contributed by atoms with E-state index < -0.39 is 0 Å². The summed E-state index contributed by atoms with van der Waals surface area (Å²) in [7, 11) is 3.91. The fraction of sp³-hybridized carbons (Fsp3) is 0.250. The molecular formula is C20H23N5O2S. The molecule has 0 atom stereocenters. The lowest BCUT2D eigenvalue weighted by molar-refractivity contribution is 0.0948. The maximum absolute atomic E-state index is 12.6. The number of aryl methyl sites for hydroxylation is 1. The zero-order chi connectivity index (χ0) is 19.9. The second kappa shape index (κ2) is 9.29. The molecule has 1 amide bonds. The number of likely N-dealkylation sites (N-methyl/N-ethyl adjacent to an activating group) is 1. The predicted octanol–water partition coefficient (Wildman–Crippen LogP) is 3.67. The number of hydrogen-bond donors (Lipinski definition) is 2. The molecule has 2 heterocycles. The number of thiazole rings is 1. The fourth-order valence-corrected chi connectivity index (χ4v) is 3.08. The molecule has 0 bridgehead atoms. The molecule has 2 aromatic heterocycles. The van der Waals surface area contributed by atoms with Gasteiger partial charge in [-0.1, -0.05) is 18.2 Å². The maximum atomic E-state index is 12.6. The molecule has 146 valence electrons. The Hall–Kier alpha value is -2.97. The van der Waals surface area contributed by atoms with Crippen LogP contribution in [-0.2, 0) is 0 Å². The number of pyridine rings is 1. The highest BCUT2D eigenvalue weighted by molar-refractivity contribution is 7.13. The van der Waals surface area contributed by atoms with Crippen LogP contribution in [0.3, 0.4) is 0 Å². The molecule has 0 saturated carbocycles. The lowest BCUT2D eigenvalue weighted by atomic mass is 10.2. The van der Waals surface area contributed by atoms with E-state index in [0.717, 1.165) is 17.4 Å². The zero-order valence-electron chi connectivity index (χ0n) is 16.1. The maximum Gasteiger partial charge on any atom is 0.256 e. The number of carbonyl (C=O) groups excluding carboxylic acids is 1. The van der Waals surface area contributed by atoms with Crippen LogP contribution in [0.15, 0.2) is 48.0 Å². The van der Waals surface area contributed by atoms with Gasteiger partial charge in [0.2, 0.25) is 0 Å². The first kappa shape index (κ1) is 19.8. The molecule has 0 unspecified atom stereocenters. The summed E-state index contributed by atoms with van der Waals surface area (Å²) in [6.07, 6.45) is 1.52. The molecule has 2 N–H and O–H groups in total. The number of rotatable bonds is 8. The van der Waals surface area contributed by atoms with Gasteiger partial charge in [-0.2, -0.15) is 0 Å². The molecule has 0 aliphatic rings. The van der Waals surface area contributed by atoms with Crippen molar-refractivity contribution in [1.29, 1.82) is 0 Å². The summed E-state index contributed by atoms with van der Waals surface area (Å²) in [6.45, 7) is 3.21. The van der Waals surface area contributed by atoms with E-state index in [9.17, 15) is 4.79 Å². The lowest BCUT2D eigenvalue weighted by Crippen LogP contribution is -2.31. The van der Waals surface area contributed by atoms with Crippen LogP contribution in [0.4, 0.5) is 10.9 Å². The van der Waals surface area contributed by atoms with Crippen molar-refractivity contribution in [2.24, 2.45) is 0 Å². The standard InChI is InChI=1S/C20H23N5O2S/c1-14-13-28-20(23-14)24-18-11-17(27-15-7-5-4-6-8-15)16(12-22-18)19(26)21-9-10-25(2)3/h4-8,11-13H,9-10H2,1-3H3,(H,21,26)(H,22,23,24). The van der Waals surface area contributed by atoms with E-state index in [0.29, 0.717) is 29.4 Å². The molecule has 0 spiro atoms. The number of para-hydroxylation sites is 1. The number of carbonyl (C=O) groups is 1. The quantitative estimate of drug-likeness (QED) is 0.604. The Bertz CT molecular complexity index is 927. The molecule has 28 heavy (non-hydrogen) atoms. The van der Waals surface area contributed by atoms with Gasteiger partial charge < -0.3 is 20.3 Å². The van der Waals surface area contributed by atoms with Gasteiger partial charge in [-0.15, -0.1) is 11.3 Å². The Kier molecular flexibility index (Phi) is 6.57. The summed E-state index contributed by atoms with van der Waals surface area (Å²) in [5.74, 6) is 1.41. The van der Waals surface area contributed by atoms with Crippen LogP contribution in [-0.4, -0.2) is 48.0 Å². The normalized spacial score (nSPS) is 10.7. The SMILES string of the molecule is Cc1csc(Nc2cc(Oc3ccccc3)c(C(=O)NCCN(C)C)cn2)n1. The van der Waals surface area contributed by atoms with Gasteiger partial charge >= 0.3 is 0 Å². The van der Waals surface area contributed by atoms with Gasteiger partial charge in [-0.05, 0) is 33.2 Å². The molecule has 7 nitrogen and oxygen atoms in total. The Morgan fingerprint density at radius 1 is 1.25 bits per heavy atom. The van der Waals surface area contributed by atoms with Crippen molar-refractivity contribution >= 4 is 28.2 Å². The highest BCUT2D eigenvalue weighted by Gasteiger charge is 2.16. The summed E-state index contributed by atoms with van der Waals surface area (Å²) in [5.41, 5.74) is 1.31. The van der Waals surface area contributed by atoms with Gasteiger partial charge in [0.05, 0.1) is 5.69 Å². The van der Waals surface area contributed by atoms with Crippen molar-refractivity contribution in [2.45, 2.75) is 6.92 Å². The van der Waals surface area contributed by atoms with Crippen molar-refractivity contribution in [3.63, 3.8) is 0 Å². The van der Waals surface area contributed by atoms with Crippen molar-refractivity contribution in [1.82, 2.24) is 20.2 Å². The second-order valence-corrected chi connectivity index (χ2v) is 7.32. The van der Waals surface area contributed by atoms with E-state index in [1.54, 1.807) is 6.07 Å². The van der Waals surface area contributed by atoms with Crippen LogP contribution >= 0.6 is 11.3 Å². The third-order valence-electron chi connectivity index (χ3n) is 3.78. The van der Waals surface area contributed by atoms with E-state index in [1.807, 2.05) is 61.6 Å². The van der Waals surface area contributed by atoms with Gasteiger partial charge in [0.15, 0.2) is 5.13 Å². The third-order valence-corrected chi connectivity index (χ3v) is 4.66. The average molecular weight is 398 g/mol. The monoisotopic (exact) mass is 397 g/mol. The zero-order valence-corrected chi connectivity index (χ0v) is 16.9. The van der Waals surface area contributed by atoms with E-state index in [1.165, 1.54) is 17.5 Å². The first-order valence-corrected chi connectivity index (χ1v) is 9.74. The molecule has 1 aromatic carbocycles. The molecule has 3 aromatic rings. The second-order valence-electron chi connectivity index (χ2n) is 6.46. The highest BCUT2D eigenvalue weighted by Crippen LogP contribution is 2.29. The smallest absolute Gasteiger partial charge is 0.256 e. The molecular weight excluding hydrogens is 374 g/mol. The van der Waals surface area contributed by atoms with E-state index in [2.05, 4.69) is 20.6 Å². The van der Waals surface area contributed by atoms with E-state index in [-0.39, 0.29) is 5.91 Å². The van der Waals surface area contributed by atoms with Gasteiger partial charge in [0.25, 0.3) is 5.91 Å². The van der Waals surface area contributed by atoms with Gasteiger partial charge in [-0.3, -0.25) is 4.79 Å². The van der Waals surface area contributed by atoms with Crippen molar-refractivity contribution in [2.75, 3.05) is 32.5 Å². The summed E-state index contributed by atoms with van der Waals surface area (Å²) in [4.78, 5) is 23.4. The molecule has 0 fully saturated rings. The fourth-order valence-electron chi connectivity index (χ4n) is 2.38. The van der Waals surface area contributed by atoms with Crippen molar-refractivity contribution in [3.05, 3.63) is 59.2 Å². The number of benzene rings is 1. The summed E-state index contributed by atoms with van der Waals surface area (Å²) >= 11 is 1.49. The minimum Gasteiger partial charge on any atom is -0.456 e. The molecule has 0 aliphatic heterocycles. The Morgan fingerprint density at radius 3 is 2.71 bits per heavy atom. The van der Waals surface area contributed by atoms with E-state index in [4.69, 9.17) is 4.74 Å². The minimum atomic E-state index is -0.225. The topological polar surface area (TPSA) is 79.4 Å². The van der Waals surface area contributed by atoms with Crippen molar-refractivity contribution in [3.8, 4) is 11.5 Å². The largest absolute Gasteiger partial charge is 0.456 e. The summed E-state index contributed by atoms with van der Waals surface area (Å²) in [5, 5.41) is 8.74. The molecule has 8 heteroatoms. The lowest BCUT2D eigenvalue weighted by Gasteiger charge is -2.14. The predicted molar refractivity (Wildman–Crippen MR) is 112 cm³/mol. The van der Waals surface area contributed by atoms with Crippen LogP contribution in [0.5, 0.6) is 11.5 Å². The van der Waals surface area contributed by atoms with Gasteiger partial charge in [-0.25, -0.2) is 9.97 Å². The number of ether oxygens (including phenoxy) is 1. The minimum absolute atomic E-state index is 0.225. The average Bonchev–Trinajstić information content (AvgIpc) is 3.07. The first-order chi connectivity index (χ1) is 13.5. The van der Waals surface area contributed by atoms with Crippen LogP contribution in [0, 0.1) is 6.92 Å². The number of nitrogens with one attached hydrogen (secondary N) is 2. The third kappa shape index (κ3) is 5.51. The van der Waals surface area contributed by atoms with Crippen molar-refractivity contribution < 1.29 is 9.53 Å². The van der Waals surface area contributed by atoms with Gasteiger partial charge in [0.1, 0.15) is 22.9 Å².